The molecule has 2 aromatic rings. The lowest BCUT2D eigenvalue weighted by Gasteiger charge is -2.36. The van der Waals surface area contributed by atoms with Crippen LogP contribution in [-0.2, 0) is 68.6 Å². The number of carbonyl (C=O) groups excluding carboxylic acids is 8. The van der Waals surface area contributed by atoms with E-state index in [2.05, 4.69) is 16.0 Å². The van der Waals surface area contributed by atoms with E-state index < -0.39 is 90.8 Å². The Labute approximate surface area is 331 Å². The molecule has 0 spiro atoms. The third kappa shape index (κ3) is 17.6. The Morgan fingerprint density at radius 3 is 1.79 bits per heavy atom. The monoisotopic (exact) mass is 799 g/mol. The highest BCUT2D eigenvalue weighted by Crippen LogP contribution is 2.23. The highest BCUT2D eigenvalue weighted by atomic mass is 16.6. The maximum Gasteiger partial charge on any atom is 0.408 e. The van der Waals surface area contributed by atoms with Gasteiger partial charge in [0, 0.05) is 27.7 Å². The third-order valence-corrected chi connectivity index (χ3v) is 7.97. The van der Waals surface area contributed by atoms with Gasteiger partial charge in [-0.05, 0) is 37.3 Å². The molecule has 17 nitrogen and oxygen atoms in total. The molecule has 0 aromatic heterocycles. The molecule has 3 amide bonds. The number of hydrogen-bond donors (Lipinski definition) is 3. The van der Waals surface area contributed by atoms with Crippen LogP contribution in [0.5, 0.6) is 0 Å². The van der Waals surface area contributed by atoms with Crippen LogP contribution in [0.2, 0.25) is 0 Å². The van der Waals surface area contributed by atoms with Gasteiger partial charge in [-0.2, -0.15) is 0 Å². The number of alkyl carbamates (subject to hydrolysis) is 1. The minimum atomic E-state index is -2.08. The molecule has 0 heterocycles. The summed E-state index contributed by atoms with van der Waals surface area (Å²) in [6.07, 6.45) is -7.16. The third-order valence-electron chi connectivity index (χ3n) is 7.97. The lowest BCUT2D eigenvalue weighted by molar-refractivity contribution is -0.190. The molecule has 6 atom stereocenters. The quantitative estimate of drug-likeness (QED) is 0.122. The Morgan fingerprint density at radius 2 is 1.25 bits per heavy atom. The minimum absolute atomic E-state index is 0.0555. The first-order chi connectivity index (χ1) is 26.9. The fourth-order valence-corrected chi connectivity index (χ4v) is 5.52. The summed E-state index contributed by atoms with van der Waals surface area (Å²) in [7, 11) is 0. The van der Waals surface area contributed by atoms with Gasteiger partial charge in [-0.3, -0.25) is 33.6 Å². The van der Waals surface area contributed by atoms with E-state index in [0.717, 1.165) is 33.3 Å². The molecule has 0 bridgehead atoms. The summed E-state index contributed by atoms with van der Waals surface area (Å²) in [4.78, 5) is 104. The van der Waals surface area contributed by atoms with Gasteiger partial charge in [0.1, 0.15) is 25.3 Å². The van der Waals surface area contributed by atoms with Gasteiger partial charge in [0.25, 0.3) is 5.91 Å². The number of nitrogens with one attached hydrogen (secondary N) is 3. The maximum atomic E-state index is 14.2. The van der Waals surface area contributed by atoms with Crippen LogP contribution in [0.4, 0.5) is 4.79 Å². The van der Waals surface area contributed by atoms with Crippen LogP contribution < -0.4 is 16.0 Å². The second-order valence-corrected chi connectivity index (χ2v) is 13.5. The lowest BCUT2D eigenvalue weighted by Crippen LogP contribution is -2.62. The molecule has 0 radical (unpaired) electrons. The number of carbonyl (C=O) groups is 8. The summed E-state index contributed by atoms with van der Waals surface area (Å²) >= 11 is 0. The van der Waals surface area contributed by atoms with Crippen molar-refractivity contribution in [2.75, 3.05) is 13.2 Å². The molecular formula is C40H53N3O14. The number of ether oxygens (including phenoxy) is 6. The van der Waals surface area contributed by atoms with Crippen LogP contribution in [0.15, 0.2) is 54.6 Å². The molecule has 57 heavy (non-hydrogen) atoms. The molecule has 0 saturated carbocycles. The van der Waals surface area contributed by atoms with Crippen molar-refractivity contribution in [3.05, 3.63) is 71.3 Å². The van der Waals surface area contributed by atoms with Crippen LogP contribution in [0, 0.1) is 12.8 Å². The zero-order valence-corrected chi connectivity index (χ0v) is 33.5. The Morgan fingerprint density at radius 1 is 0.649 bits per heavy atom. The fraction of sp³-hybridized carbons (Fsp3) is 0.500. The highest BCUT2D eigenvalue weighted by molar-refractivity contribution is 5.87. The number of amides is 3. The van der Waals surface area contributed by atoms with Crippen molar-refractivity contribution in [3.8, 4) is 0 Å². The molecule has 0 fully saturated rings. The van der Waals surface area contributed by atoms with Gasteiger partial charge in [-0.25, -0.2) is 4.79 Å². The average molecular weight is 800 g/mol. The van der Waals surface area contributed by atoms with E-state index in [-0.39, 0.29) is 32.0 Å². The van der Waals surface area contributed by atoms with Crippen LogP contribution >= 0.6 is 0 Å². The van der Waals surface area contributed by atoms with E-state index in [0.29, 0.717) is 11.1 Å². The number of esters is 5. The van der Waals surface area contributed by atoms with Gasteiger partial charge in [-0.15, -0.1) is 0 Å². The number of rotatable bonds is 21. The van der Waals surface area contributed by atoms with Crippen molar-refractivity contribution in [1.82, 2.24) is 16.0 Å². The van der Waals surface area contributed by atoms with Crippen molar-refractivity contribution in [3.63, 3.8) is 0 Å². The molecule has 17 heteroatoms. The molecule has 2 aromatic carbocycles. The molecule has 2 rings (SSSR count). The largest absolute Gasteiger partial charge is 0.466 e. The van der Waals surface area contributed by atoms with Crippen molar-refractivity contribution in [2.45, 2.75) is 111 Å². The van der Waals surface area contributed by atoms with Gasteiger partial charge in [0.2, 0.25) is 12.0 Å². The van der Waals surface area contributed by atoms with E-state index in [1.165, 1.54) is 0 Å². The van der Waals surface area contributed by atoms with Gasteiger partial charge in [-0.1, -0.05) is 74.0 Å². The topological polar surface area (TPSA) is 228 Å². The Bertz CT molecular complexity index is 1680. The number of benzene rings is 2. The van der Waals surface area contributed by atoms with E-state index >= 15 is 0 Å². The summed E-state index contributed by atoms with van der Waals surface area (Å²) in [5, 5.41) is 7.75. The number of hydrogen-bond acceptors (Lipinski definition) is 14. The van der Waals surface area contributed by atoms with E-state index in [4.69, 9.17) is 28.4 Å². The summed E-state index contributed by atoms with van der Waals surface area (Å²) in [5.74, 6) is -6.66. The van der Waals surface area contributed by atoms with Crippen LogP contribution in [0.25, 0.3) is 0 Å². The van der Waals surface area contributed by atoms with Crippen LogP contribution in [0.1, 0.15) is 84.0 Å². The van der Waals surface area contributed by atoms with E-state index in [1.807, 2.05) is 6.92 Å². The molecule has 0 aliphatic carbocycles. The summed E-state index contributed by atoms with van der Waals surface area (Å²) in [6.45, 7) is 10.3. The SMILES string of the molecule is CCOC(=O)CC(NC(=O)C(OC(C)=O)C(OC(C)=O)C(OC(C)=O)C(COC(C)=O)NC(=O)C(CC(C)C)NC(=O)OCc1ccccc1)c1ccc(C)cc1. The Balaban J connectivity index is 2.61. The molecule has 6 unspecified atom stereocenters. The molecule has 0 aliphatic heterocycles. The first-order valence-electron chi connectivity index (χ1n) is 18.3. The molecule has 3 N–H and O–H groups in total. The smallest absolute Gasteiger partial charge is 0.408 e. The van der Waals surface area contributed by atoms with Gasteiger partial charge in [0.05, 0.1) is 19.1 Å². The van der Waals surface area contributed by atoms with Crippen molar-refractivity contribution in [1.29, 1.82) is 0 Å². The molecule has 312 valence electrons. The van der Waals surface area contributed by atoms with Crippen molar-refractivity contribution < 1.29 is 66.8 Å². The standard InChI is InChI=1S/C40H53N3O14/c1-9-52-34(48)20-31(30-17-15-24(4)16-18-30)41-39(50)37(57-28(8)47)36(56-27(7)46)35(55-26(6)45)33(22-53-25(5)44)42-38(49)32(19-23(2)3)43-40(51)54-21-29-13-11-10-12-14-29/h10-18,23,31-33,35-37H,9,19-22H2,1-8H3,(H,41,50)(H,42,49)(H,43,51). The first kappa shape index (κ1) is 47.2. The fourth-order valence-electron chi connectivity index (χ4n) is 5.52. The minimum Gasteiger partial charge on any atom is -0.466 e. The molecular weight excluding hydrogens is 746 g/mol. The molecule has 0 saturated heterocycles. The zero-order valence-electron chi connectivity index (χ0n) is 33.5. The van der Waals surface area contributed by atoms with Crippen LogP contribution in [-0.4, -0.2) is 91.4 Å². The zero-order chi connectivity index (χ0) is 42.7. The summed E-state index contributed by atoms with van der Waals surface area (Å²) in [6, 6.07) is 11.7. The van der Waals surface area contributed by atoms with Crippen LogP contribution in [0.3, 0.4) is 0 Å². The Hall–Kier alpha value is -6.00. The molecule has 0 aliphatic rings. The summed E-state index contributed by atoms with van der Waals surface area (Å²) < 4.78 is 32.1. The van der Waals surface area contributed by atoms with Gasteiger partial charge < -0.3 is 44.4 Å². The summed E-state index contributed by atoms with van der Waals surface area (Å²) in [5.41, 5.74) is 2.04. The van der Waals surface area contributed by atoms with E-state index in [1.54, 1.807) is 75.4 Å². The normalized spacial score (nSPS) is 13.9. The number of aryl methyl sites for hydroxylation is 1. The predicted molar refractivity (Wildman–Crippen MR) is 202 cm³/mol. The van der Waals surface area contributed by atoms with Crippen molar-refractivity contribution in [2.24, 2.45) is 5.92 Å². The lowest BCUT2D eigenvalue weighted by atomic mass is 9.97. The second kappa shape index (κ2) is 23.8. The maximum absolute atomic E-state index is 14.2. The van der Waals surface area contributed by atoms with E-state index in [9.17, 15) is 38.4 Å². The first-order valence-corrected chi connectivity index (χ1v) is 18.3. The average Bonchev–Trinajstić information content (AvgIpc) is 3.12. The predicted octanol–water partition coefficient (Wildman–Crippen LogP) is 3.29. The highest BCUT2D eigenvalue weighted by Gasteiger charge is 2.47. The van der Waals surface area contributed by atoms with Gasteiger partial charge >= 0.3 is 35.9 Å². The second-order valence-electron chi connectivity index (χ2n) is 13.5. The van der Waals surface area contributed by atoms with Crippen molar-refractivity contribution >= 4 is 47.8 Å². The Kier molecular flexibility index (Phi) is 19.7. The van der Waals surface area contributed by atoms with Gasteiger partial charge in [0.15, 0.2) is 12.2 Å².